The van der Waals surface area contributed by atoms with Crippen LogP contribution < -0.4 is 0 Å². The summed E-state index contributed by atoms with van der Waals surface area (Å²) in [7, 11) is 0. The Hall–Kier alpha value is -3.54. The van der Waals surface area contributed by atoms with E-state index in [1.807, 2.05) is 77.9 Å². The Morgan fingerprint density at radius 2 is 0.633 bits per heavy atom. The predicted octanol–water partition coefficient (Wildman–Crippen LogP) is 4.91. The fourth-order valence-corrected chi connectivity index (χ4v) is 3.59. The van der Waals surface area contributed by atoms with Crippen LogP contribution in [-0.2, 0) is 0 Å². The van der Waals surface area contributed by atoms with Crippen molar-refractivity contribution in [2.24, 2.45) is 0 Å². The molecule has 0 saturated heterocycles. The summed E-state index contributed by atoms with van der Waals surface area (Å²) in [4.78, 5) is 28.2. The van der Waals surface area contributed by atoms with E-state index >= 15 is 0 Å². The highest BCUT2D eigenvalue weighted by molar-refractivity contribution is 5.63. The van der Waals surface area contributed by atoms with Crippen molar-refractivity contribution in [3.63, 3.8) is 0 Å². The molecule has 0 bridgehead atoms. The molecule has 4 rings (SSSR count). The molecule has 0 radical (unpaired) electrons. The summed E-state index contributed by atoms with van der Waals surface area (Å²) in [5, 5.41) is 0. The van der Waals surface area contributed by atoms with Crippen LogP contribution in [0, 0.1) is 41.5 Å². The zero-order valence-corrected chi connectivity index (χ0v) is 18.1. The summed E-state index contributed by atoms with van der Waals surface area (Å²) >= 11 is 0. The number of aryl methyl sites for hydroxylation is 6. The Kier molecular flexibility index (Phi) is 5.08. The quantitative estimate of drug-likeness (QED) is 0.490. The third-order valence-corrected chi connectivity index (χ3v) is 4.62. The van der Waals surface area contributed by atoms with Gasteiger partial charge in [0.05, 0.1) is 0 Å². The lowest BCUT2D eigenvalue weighted by atomic mass is 10.2. The average molecular weight is 396 g/mol. The van der Waals surface area contributed by atoms with Crippen molar-refractivity contribution in [2.45, 2.75) is 41.5 Å². The first kappa shape index (κ1) is 19.8. The molecule has 0 aliphatic carbocycles. The molecule has 0 unspecified atom stereocenters. The lowest BCUT2D eigenvalue weighted by Crippen LogP contribution is -2.04. The summed E-state index contributed by atoms with van der Waals surface area (Å²) in [5.41, 5.74) is 8.22. The van der Waals surface area contributed by atoms with Crippen molar-refractivity contribution in [3.8, 4) is 34.6 Å². The number of hydrogen-bond donors (Lipinski definition) is 0. The third kappa shape index (κ3) is 4.22. The van der Waals surface area contributed by atoms with Gasteiger partial charge in [-0.2, -0.15) is 0 Å². The lowest BCUT2D eigenvalue weighted by Gasteiger charge is -2.10. The van der Waals surface area contributed by atoms with Crippen molar-refractivity contribution >= 4 is 0 Å². The summed E-state index contributed by atoms with van der Waals surface area (Å²) < 4.78 is 0. The molecule has 4 aromatic heterocycles. The van der Waals surface area contributed by atoms with E-state index < -0.39 is 0 Å². The van der Waals surface area contributed by atoms with Gasteiger partial charge in [0.15, 0.2) is 17.5 Å². The van der Waals surface area contributed by atoms with Gasteiger partial charge < -0.3 is 0 Å². The van der Waals surface area contributed by atoms with Crippen molar-refractivity contribution in [2.75, 3.05) is 0 Å². The largest absolute Gasteiger partial charge is 0.250 e. The smallest absolute Gasteiger partial charge is 0.182 e. The molecule has 4 aromatic rings. The van der Waals surface area contributed by atoms with E-state index in [2.05, 4.69) is 15.0 Å². The summed E-state index contributed by atoms with van der Waals surface area (Å²) in [6, 6.07) is 12.1. The lowest BCUT2D eigenvalue weighted by molar-refractivity contribution is 1.01. The fraction of sp³-hybridized carbons (Fsp3) is 0.250. The molecule has 0 spiro atoms. The minimum absolute atomic E-state index is 0.517. The van der Waals surface area contributed by atoms with E-state index in [0.717, 1.165) is 33.8 Å². The maximum absolute atomic E-state index is 4.73. The third-order valence-electron chi connectivity index (χ3n) is 4.62. The maximum Gasteiger partial charge on any atom is 0.182 e. The number of pyridine rings is 3. The highest BCUT2D eigenvalue weighted by atomic mass is 15.1. The van der Waals surface area contributed by atoms with Crippen LogP contribution in [0.2, 0.25) is 0 Å². The SMILES string of the molecule is Cc1cc(C)nc(-c2nc(-c3cc(C)cc(C)n3)nc(-c3cc(C)cc(C)n3)n2)c1. The minimum Gasteiger partial charge on any atom is -0.250 e. The Balaban J connectivity index is 1.98. The topological polar surface area (TPSA) is 77.3 Å². The van der Waals surface area contributed by atoms with Crippen LogP contribution in [0.15, 0.2) is 36.4 Å². The molecule has 0 atom stereocenters. The summed E-state index contributed by atoms with van der Waals surface area (Å²) in [5.74, 6) is 1.55. The van der Waals surface area contributed by atoms with Gasteiger partial charge in [-0.05, 0) is 94.6 Å². The monoisotopic (exact) mass is 396 g/mol. The van der Waals surface area contributed by atoms with E-state index in [0.29, 0.717) is 34.6 Å². The molecule has 0 fully saturated rings. The van der Waals surface area contributed by atoms with E-state index in [1.54, 1.807) is 0 Å². The molecule has 0 aliphatic heterocycles. The van der Waals surface area contributed by atoms with E-state index in [-0.39, 0.29) is 0 Å². The number of hydrogen-bond acceptors (Lipinski definition) is 6. The molecule has 6 heteroatoms. The number of nitrogens with zero attached hydrogens (tertiary/aromatic N) is 6. The summed E-state index contributed by atoms with van der Waals surface area (Å²) in [6.07, 6.45) is 0. The van der Waals surface area contributed by atoms with Gasteiger partial charge in [-0.3, -0.25) is 0 Å². The van der Waals surface area contributed by atoms with E-state index in [4.69, 9.17) is 15.0 Å². The van der Waals surface area contributed by atoms with Crippen molar-refractivity contribution < 1.29 is 0 Å². The van der Waals surface area contributed by atoms with Crippen LogP contribution in [0.3, 0.4) is 0 Å². The Morgan fingerprint density at radius 3 is 0.867 bits per heavy atom. The molecule has 150 valence electrons. The van der Waals surface area contributed by atoms with Crippen LogP contribution >= 0.6 is 0 Å². The van der Waals surface area contributed by atoms with Crippen molar-refractivity contribution in [1.29, 1.82) is 0 Å². The zero-order valence-electron chi connectivity index (χ0n) is 18.1. The first-order valence-corrected chi connectivity index (χ1v) is 9.90. The van der Waals surface area contributed by atoms with E-state index in [1.165, 1.54) is 0 Å². The molecule has 0 aromatic carbocycles. The Morgan fingerprint density at radius 1 is 0.367 bits per heavy atom. The van der Waals surface area contributed by atoms with Gasteiger partial charge >= 0.3 is 0 Å². The highest BCUT2D eigenvalue weighted by Crippen LogP contribution is 2.24. The van der Waals surface area contributed by atoms with E-state index in [9.17, 15) is 0 Å². The first-order chi connectivity index (χ1) is 14.3. The fourth-order valence-electron chi connectivity index (χ4n) is 3.59. The van der Waals surface area contributed by atoms with Gasteiger partial charge in [-0.15, -0.1) is 0 Å². The van der Waals surface area contributed by atoms with Gasteiger partial charge in [-0.25, -0.2) is 29.9 Å². The van der Waals surface area contributed by atoms with Crippen LogP contribution in [-0.4, -0.2) is 29.9 Å². The van der Waals surface area contributed by atoms with Gasteiger partial charge in [-0.1, -0.05) is 0 Å². The van der Waals surface area contributed by atoms with Gasteiger partial charge in [0.1, 0.15) is 17.1 Å². The Bertz CT molecular complexity index is 1030. The van der Waals surface area contributed by atoms with Gasteiger partial charge in [0, 0.05) is 17.1 Å². The van der Waals surface area contributed by atoms with Gasteiger partial charge in [0.25, 0.3) is 0 Å². The van der Waals surface area contributed by atoms with Crippen LogP contribution in [0.1, 0.15) is 33.8 Å². The first-order valence-electron chi connectivity index (χ1n) is 9.90. The molecule has 4 heterocycles. The molecular weight excluding hydrogens is 372 g/mol. The van der Waals surface area contributed by atoms with Crippen molar-refractivity contribution in [1.82, 2.24) is 29.9 Å². The predicted molar refractivity (Wildman–Crippen MR) is 118 cm³/mol. The minimum atomic E-state index is 0.517. The molecule has 6 nitrogen and oxygen atoms in total. The summed E-state index contributed by atoms with van der Waals surface area (Å²) in [6.45, 7) is 12.0. The molecule has 0 saturated carbocycles. The standard InChI is InChI=1S/C24H24N6/c1-13-7-16(4)25-19(10-13)22-28-23(20-11-14(2)8-17(5)26-20)30-24(29-22)21-12-15(3)9-18(6)27-21/h7-12H,1-6H3. The second kappa shape index (κ2) is 7.71. The van der Waals surface area contributed by atoms with Gasteiger partial charge in [0.2, 0.25) is 0 Å². The molecule has 0 aliphatic rings. The Labute approximate surface area is 176 Å². The zero-order chi connectivity index (χ0) is 21.4. The normalized spacial score (nSPS) is 11.0. The van der Waals surface area contributed by atoms with Crippen molar-refractivity contribution in [3.05, 3.63) is 70.2 Å². The van der Waals surface area contributed by atoms with Crippen LogP contribution in [0.5, 0.6) is 0 Å². The second-order valence-corrected chi connectivity index (χ2v) is 7.82. The number of rotatable bonds is 3. The highest BCUT2D eigenvalue weighted by Gasteiger charge is 2.16. The molecule has 0 amide bonds. The second-order valence-electron chi connectivity index (χ2n) is 7.82. The van der Waals surface area contributed by atoms with Crippen LogP contribution in [0.4, 0.5) is 0 Å². The molecular formula is C24H24N6. The molecule has 0 N–H and O–H groups in total. The van der Waals surface area contributed by atoms with Crippen LogP contribution in [0.25, 0.3) is 34.6 Å². The molecule has 30 heavy (non-hydrogen) atoms. The average Bonchev–Trinajstić information content (AvgIpc) is 2.65. The maximum atomic E-state index is 4.73. The number of aromatic nitrogens is 6.